The van der Waals surface area contributed by atoms with Crippen molar-refractivity contribution >= 4 is 35.6 Å². The third-order valence-corrected chi connectivity index (χ3v) is 5.63. The Labute approximate surface area is 188 Å². The number of benzene rings is 2. The molecule has 31 heavy (non-hydrogen) atoms. The highest BCUT2D eigenvalue weighted by Crippen LogP contribution is 2.27. The van der Waals surface area contributed by atoms with Crippen molar-refractivity contribution in [3.05, 3.63) is 64.2 Å². The fourth-order valence-electron chi connectivity index (χ4n) is 3.50. The highest BCUT2D eigenvalue weighted by atomic mass is 35.5. The summed E-state index contributed by atoms with van der Waals surface area (Å²) in [4.78, 5) is 32.7. The number of hydrogen-bond donors (Lipinski definition) is 1. The molecule has 1 fully saturated rings. The van der Waals surface area contributed by atoms with Crippen LogP contribution in [0.4, 0.5) is 5.69 Å². The van der Waals surface area contributed by atoms with Crippen molar-refractivity contribution in [3.8, 4) is 0 Å². The molecule has 1 N–H and O–H groups in total. The number of rotatable bonds is 3. The van der Waals surface area contributed by atoms with E-state index in [1.807, 2.05) is 53.1 Å². The number of aliphatic imine (C=N–C) groups is 1. The molecule has 0 saturated carbocycles. The van der Waals surface area contributed by atoms with Crippen LogP contribution < -0.4 is 5.32 Å². The van der Waals surface area contributed by atoms with E-state index in [2.05, 4.69) is 31.1 Å². The second-order valence-corrected chi connectivity index (χ2v) is 9.18. The first-order valence-electron chi connectivity index (χ1n) is 10.4. The molecule has 1 aliphatic heterocycles. The highest BCUT2D eigenvalue weighted by Gasteiger charge is 2.25. The summed E-state index contributed by atoms with van der Waals surface area (Å²) in [5, 5.41) is 3.28. The minimum absolute atomic E-state index is 0.0339. The SMILES string of the molecule is Cc1ccccc1N=C(NC=O)N1CCN(C(=O)c2cc(Cl)cc(C(C)(C)C)c2)CC1. The van der Waals surface area contributed by atoms with Crippen LogP contribution in [0.25, 0.3) is 0 Å². The average Bonchev–Trinajstić information content (AvgIpc) is 2.73. The molecule has 0 bridgehead atoms. The number of amides is 2. The highest BCUT2D eigenvalue weighted by molar-refractivity contribution is 6.31. The molecule has 0 spiro atoms. The number of nitrogens with zero attached hydrogens (tertiary/aromatic N) is 3. The summed E-state index contributed by atoms with van der Waals surface area (Å²) in [6, 6.07) is 13.3. The molecular formula is C24H29ClN4O2. The molecule has 2 amide bonds. The third-order valence-electron chi connectivity index (χ3n) is 5.41. The summed E-state index contributed by atoms with van der Waals surface area (Å²) in [7, 11) is 0. The largest absolute Gasteiger partial charge is 0.339 e. The zero-order valence-corrected chi connectivity index (χ0v) is 19.2. The van der Waals surface area contributed by atoms with E-state index >= 15 is 0 Å². The zero-order valence-electron chi connectivity index (χ0n) is 18.5. The van der Waals surface area contributed by atoms with Gasteiger partial charge in [0.05, 0.1) is 5.69 Å². The Bertz CT molecular complexity index is 989. The van der Waals surface area contributed by atoms with Crippen LogP contribution in [0.15, 0.2) is 47.5 Å². The van der Waals surface area contributed by atoms with Crippen molar-refractivity contribution in [2.45, 2.75) is 33.1 Å². The minimum atomic E-state index is -0.0972. The number of nitrogens with one attached hydrogen (secondary N) is 1. The predicted octanol–water partition coefficient (Wildman–Crippen LogP) is 4.14. The lowest BCUT2D eigenvalue weighted by atomic mass is 9.86. The summed E-state index contributed by atoms with van der Waals surface area (Å²) in [6.45, 7) is 10.5. The van der Waals surface area contributed by atoms with Gasteiger partial charge in [0.25, 0.3) is 5.91 Å². The number of carbonyl (C=O) groups is 2. The summed E-state index contributed by atoms with van der Waals surface area (Å²) in [5.74, 6) is 0.461. The van der Waals surface area contributed by atoms with Crippen molar-refractivity contribution in [2.24, 2.45) is 4.99 Å². The van der Waals surface area contributed by atoms with E-state index in [9.17, 15) is 9.59 Å². The molecule has 0 aliphatic carbocycles. The number of carbonyl (C=O) groups excluding carboxylic acids is 2. The number of hydrogen-bond acceptors (Lipinski definition) is 3. The van der Waals surface area contributed by atoms with Gasteiger partial charge >= 0.3 is 0 Å². The maximum atomic E-state index is 13.1. The Hall–Kier alpha value is -2.86. The predicted molar refractivity (Wildman–Crippen MR) is 125 cm³/mol. The van der Waals surface area contributed by atoms with Crippen molar-refractivity contribution in [1.29, 1.82) is 0 Å². The van der Waals surface area contributed by atoms with E-state index in [0.29, 0.717) is 49.1 Å². The molecule has 6 nitrogen and oxygen atoms in total. The lowest BCUT2D eigenvalue weighted by molar-refractivity contribution is -0.108. The maximum absolute atomic E-state index is 13.1. The van der Waals surface area contributed by atoms with E-state index in [1.165, 1.54) is 0 Å². The fraction of sp³-hybridized carbons (Fsp3) is 0.375. The van der Waals surface area contributed by atoms with Crippen molar-refractivity contribution in [2.75, 3.05) is 26.2 Å². The fourth-order valence-corrected chi connectivity index (χ4v) is 3.74. The molecule has 0 radical (unpaired) electrons. The number of para-hydroxylation sites is 1. The summed E-state index contributed by atoms with van der Waals surface area (Å²) >= 11 is 6.29. The van der Waals surface area contributed by atoms with Gasteiger partial charge in [-0.05, 0) is 47.7 Å². The smallest absolute Gasteiger partial charge is 0.254 e. The molecule has 1 aliphatic rings. The van der Waals surface area contributed by atoms with Gasteiger partial charge in [-0.3, -0.25) is 14.9 Å². The molecular weight excluding hydrogens is 412 g/mol. The first kappa shape index (κ1) is 22.8. The van der Waals surface area contributed by atoms with Crippen LogP contribution in [0.3, 0.4) is 0 Å². The molecule has 164 valence electrons. The third kappa shape index (κ3) is 5.64. The van der Waals surface area contributed by atoms with E-state index < -0.39 is 0 Å². The van der Waals surface area contributed by atoms with Crippen LogP contribution in [-0.4, -0.2) is 54.3 Å². The Morgan fingerprint density at radius 3 is 2.32 bits per heavy atom. The first-order valence-corrected chi connectivity index (χ1v) is 10.8. The second-order valence-electron chi connectivity index (χ2n) is 8.74. The molecule has 0 unspecified atom stereocenters. The average molecular weight is 441 g/mol. The lowest BCUT2D eigenvalue weighted by Crippen LogP contribution is -2.53. The number of aryl methyl sites for hydroxylation is 1. The van der Waals surface area contributed by atoms with Gasteiger partial charge in [0, 0.05) is 36.8 Å². The van der Waals surface area contributed by atoms with Crippen LogP contribution >= 0.6 is 11.6 Å². The van der Waals surface area contributed by atoms with Gasteiger partial charge < -0.3 is 9.80 Å². The van der Waals surface area contributed by atoms with Gasteiger partial charge in [-0.15, -0.1) is 0 Å². The Balaban J connectivity index is 1.74. The number of piperazine rings is 1. The lowest BCUT2D eigenvalue weighted by Gasteiger charge is -2.36. The molecule has 0 aromatic heterocycles. The van der Waals surface area contributed by atoms with Crippen LogP contribution in [0.5, 0.6) is 0 Å². The van der Waals surface area contributed by atoms with E-state index in [0.717, 1.165) is 16.8 Å². The molecule has 3 rings (SSSR count). The first-order chi connectivity index (χ1) is 14.7. The van der Waals surface area contributed by atoms with Gasteiger partial charge in [-0.2, -0.15) is 0 Å². The molecule has 1 heterocycles. The van der Waals surface area contributed by atoms with Crippen LogP contribution in [-0.2, 0) is 10.2 Å². The van der Waals surface area contributed by atoms with Crippen molar-refractivity contribution in [3.63, 3.8) is 0 Å². The molecule has 0 atom stereocenters. The minimum Gasteiger partial charge on any atom is -0.339 e. The maximum Gasteiger partial charge on any atom is 0.254 e. The van der Waals surface area contributed by atoms with E-state index in [1.54, 1.807) is 6.07 Å². The topological polar surface area (TPSA) is 65.0 Å². The monoisotopic (exact) mass is 440 g/mol. The standard InChI is InChI=1S/C24H29ClN4O2/c1-17-7-5-6-8-21(17)27-23(26-16-30)29-11-9-28(10-12-29)22(31)18-13-19(24(2,3)4)15-20(25)14-18/h5-8,13-16H,9-12H2,1-4H3,(H,26,27,30). The van der Waals surface area contributed by atoms with Gasteiger partial charge in [0.15, 0.2) is 0 Å². The summed E-state index contributed by atoms with van der Waals surface area (Å²) in [5.41, 5.74) is 3.37. The Morgan fingerprint density at radius 2 is 1.71 bits per heavy atom. The van der Waals surface area contributed by atoms with Gasteiger partial charge in [0.2, 0.25) is 12.4 Å². The van der Waals surface area contributed by atoms with Crippen molar-refractivity contribution in [1.82, 2.24) is 15.1 Å². The van der Waals surface area contributed by atoms with Gasteiger partial charge in [0.1, 0.15) is 0 Å². The second kappa shape index (κ2) is 9.52. The Morgan fingerprint density at radius 1 is 1.06 bits per heavy atom. The quantitative estimate of drug-likeness (QED) is 0.443. The number of guanidine groups is 1. The molecule has 2 aromatic carbocycles. The van der Waals surface area contributed by atoms with E-state index in [-0.39, 0.29) is 11.3 Å². The van der Waals surface area contributed by atoms with E-state index in [4.69, 9.17) is 11.6 Å². The number of halogens is 1. The molecule has 2 aromatic rings. The van der Waals surface area contributed by atoms with Crippen LogP contribution in [0.2, 0.25) is 5.02 Å². The van der Waals surface area contributed by atoms with Crippen molar-refractivity contribution < 1.29 is 9.59 Å². The Kier molecular flexibility index (Phi) is 7.01. The van der Waals surface area contributed by atoms with Crippen LogP contribution in [0.1, 0.15) is 42.3 Å². The summed E-state index contributed by atoms with van der Waals surface area (Å²) < 4.78 is 0. The normalized spacial score (nSPS) is 15.1. The van der Waals surface area contributed by atoms with Gasteiger partial charge in [-0.25, -0.2) is 4.99 Å². The molecule has 7 heteroatoms. The molecule has 1 saturated heterocycles. The van der Waals surface area contributed by atoms with Gasteiger partial charge in [-0.1, -0.05) is 50.6 Å². The summed E-state index contributed by atoms with van der Waals surface area (Å²) in [6.07, 6.45) is 0.634. The van der Waals surface area contributed by atoms with Crippen LogP contribution in [0, 0.1) is 6.92 Å². The zero-order chi connectivity index (χ0) is 22.6.